The molecule has 5 heterocycles. The average Bonchev–Trinajstić information content (AvgIpc) is 3.57. The molecule has 1 aromatic carbocycles. The Labute approximate surface area is 230 Å². The van der Waals surface area contributed by atoms with Gasteiger partial charge < -0.3 is 30.0 Å². The molecular formula is C28H35N7O5. The molecule has 4 aromatic rings. The molecule has 2 fully saturated rings. The van der Waals surface area contributed by atoms with Gasteiger partial charge in [0.05, 0.1) is 30.6 Å². The Morgan fingerprint density at radius 2 is 1.95 bits per heavy atom. The summed E-state index contributed by atoms with van der Waals surface area (Å²) in [6, 6.07) is 6.78. The number of nitrogens with zero attached hydrogens (tertiary/aromatic N) is 5. The lowest BCUT2D eigenvalue weighted by molar-refractivity contribution is -0.201. The van der Waals surface area contributed by atoms with E-state index in [9.17, 15) is 19.5 Å². The van der Waals surface area contributed by atoms with Gasteiger partial charge in [-0.1, -0.05) is 18.2 Å². The zero-order chi connectivity index (χ0) is 28.4. The van der Waals surface area contributed by atoms with Crippen LogP contribution in [0.15, 0.2) is 46.4 Å². The largest absolute Gasteiger partial charge is 0.386 e. The third kappa shape index (κ3) is 4.18. The van der Waals surface area contributed by atoms with Gasteiger partial charge in [0, 0.05) is 50.7 Å². The molecule has 2 saturated heterocycles. The van der Waals surface area contributed by atoms with E-state index in [0.29, 0.717) is 38.8 Å². The number of piperidine rings is 1. The summed E-state index contributed by atoms with van der Waals surface area (Å²) in [5.74, 6) is -0.0931. The van der Waals surface area contributed by atoms with Crippen molar-refractivity contribution in [2.24, 2.45) is 19.8 Å². The average molecular weight is 550 g/mol. The molecule has 12 heteroatoms. The molecule has 2 aliphatic heterocycles. The van der Waals surface area contributed by atoms with E-state index < -0.39 is 34.5 Å². The number of likely N-dealkylation sites (tertiary alicyclic amines) is 1. The number of carbonyl (C=O) groups excluding carboxylic acids is 1. The fraction of sp³-hybridized carbons (Fsp3) is 0.500. The Hall–Kier alpha value is -3.74. The van der Waals surface area contributed by atoms with Crippen molar-refractivity contribution in [1.82, 2.24) is 28.6 Å². The van der Waals surface area contributed by atoms with E-state index in [1.807, 2.05) is 30.5 Å². The summed E-state index contributed by atoms with van der Waals surface area (Å²) in [6.07, 6.45) is 5.46. The number of benzene rings is 1. The van der Waals surface area contributed by atoms with Gasteiger partial charge in [-0.2, -0.15) is 0 Å². The van der Waals surface area contributed by atoms with Crippen LogP contribution >= 0.6 is 0 Å². The number of hydrogen-bond donors (Lipinski definition) is 3. The number of aromatic nitrogens is 5. The number of carbonyl (C=O) groups is 1. The van der Waals surface area contributed by atoms with Crippen LogP contribution in [0.3, 0.4) is 0 Å². The highest BCUT2D eigenvalue weighted by Gasteiger charge is 2.50. The summed E-state index contributed by atoms with van der Waals surface area (Å²) in [5.41, 5.74) is 6.19. The van der Waals surface area contributed by atoms with E-state index in [0.717, 1.165) is 21.0 Å². The first kappa shape index (κ1) is 26.5. The molecule has 2 aliphatic rings. The van der Waals surface area contributed by atoms with Gasteiger partial charge in [-0.25, -0.2) is 9.78 Å². The highest BCUT2D eigenvalue weighted by Crippen LogP contribution is 2.44. The first-order valence-electron chi connectivity index (χ1n) is 13.6. The lowest BCUT2D eigenvalue weighted by Gasteiger charge is -2.51. The molecule has 12 nitrogen and oxygen atoms in total. The maximum absolute atomic E-state index is 13.3. The predicted octanol–water partition coefficient (Wildman–Crippen LogP) is 0.559. The molecule has 212 valence electrons. The number of H-pyrrole nitrogens is 1. The number of nitrogens with two attached hydrogens (primary N) is 1. The first-order chi connectivity index (χ1) is 19.0. The van der Waals surface area contributed by atoms with E-state index in [1.165, 1.54) is 17.9 Å². The lowest BCUT2D eigenvalue weighted by atomic mass is 9.77. The van der Waals surface area contributed by atoms with Crippen LogP contribution in [0.4, 0.5) is 0 Å². The Bertz CT molecular complexity index is 1720. The van der Waals surface area contributed by atoms with Crippen molar-refractivity contribution in [2.75, 3.05) is 19.7 Å². The van der Waals surface area contributed by atoms with Gasteiger partial charge >= 0.3 is 5.69 Å². The second kappa shape index (κ2) is 9.43. The third-order valence-electron chi connectivity index (χ3n) is 8.88. The second-order valence-electron chi connectivity index (χ2n) is 11.6. The lowest BCUT2D eigenvalue weighted by Crippen LogP contribution is -2.58. The number of nitrogens with one attached hydrogen (secondary N) is 1. The molecule has 4 N–H and O–H groups in total. The predicted molar refractivity (Wildman–Crippen MR) is 149 cm³/mol. The van der Waals surface area contributed by atoms with Crippen molar-refractivity contribution in [1.29, 1.82) is 0 Å². The van der Waals surface area contributed by atoms with Gasteiger partial charge in [0.1, 0.15) is 5.60 Å². The van der Waals surface area contributed by atoms with Crippen molar-refractivity contribution < 1.29 is 14.6 Å². The number of hydrogen-bond acceptors (Lipinski definition) is 7. The first-order valence-corrected chi connectivity index (χ1v) is 13.6. The summed E-state index contributed by atoms with van der Waals surface area (Å²) >= 11 is 0. The van der Waals surface area contributed by atoms with Gasteiger partial charge in [-0.05, 0) is 37.8 Å². The standard InChI is InChI=1S/C28H35N7O5/c1-27(39)15-40-28(13-21(27)35-16-31-23-22(35)25(37)33(3)26(38)32(23)2)8-10-34(11-9-28)24(36)19(29)12-17-14-30-20-7-5-4-6-18(17)20/h4-7,14,16,19,21,30,39H,8-13,15,29H2,1-3H3/t19-,21-,27-/m0/s1. The number of para-hydroxylation sites is 1. The van der Waals surface area contributed by atoms with Gasteiger partial charge in [0.2, 0.25) is 5.91 Å². The van der Waals surface area contributed by atoms with Gasteiger partial charge in [-0.15, -0.1) is 0 Å². The second-order valence-corrected chi connectivity index (χ2v) is 11.6. The summed E-state index contributed by atoms with van der Waals surface area (Å²) < 4.78 is 10.4. The molecule has 1 spiro atoms. The van der Waals surface area contributed by atoms with Crippen LogP contribution in [-0.4, -0.2) is 76.5 Å². The van der Waals surface area contributed by atoms with E-state index in [2.05, 4.69) is 9.97 Å². The maximum Gasteiger partial charge on any atom is 0.332 e. The zero-order valence-corrected chi connectivity index (χ0v) is 23.0. The Morgan fingerprint density at radius 1 is 1.23 bits per heavy atom. The third-order valence-corrected chi connectivity index (χ3v) is 8.88. The normalized spacial score (nSPS) is 23.7. The van der Waals surface area contributed by atoms with Crippen molar-refractivity contribution >= 4 is 28.0 Å². The molecule has 0 unspecified atom stereocenters. The molecule has 3 atom stereocenters. The van der Waals surface area contributed by atoms with Crippen LogP contribution in [0.5, 0.6) is 0 Å². The number of imidazole rings is 1. The van der Waals surface area contributed by atoms with Crippen molar-refractivity contribution in [3.8, 4) is 0 Å². The quantitative estimate of drug-likeness (QED) is 0.336. The minimum absolute atomic E-state index is 0.0669. The Morgan fingerprint density at radius 3 is 2.70 bits per heavy atom. The van der Waals surface area contributed by atoms with Crippen LogP contribution in [0.2, 0.25) is 0 Å². The van der Waals surface area contributed by atoms with Crippen molar-refractivity contribution in [2.45, 2.75) is 55.9 Å². The van der Waals surface area contributed by atoms with Gasteiger partial charge in [-0.3, -0.25) is 18.7 Å². The number of aliphatic hydroxyl groups is 1. The molecule has 0 radical (unpaired) electrons. The van der Waals surface area contributed by atoms with Crippen LogP contribution in [-0.2, 0) is 30.0 Å². The Balaban J connectivity index is 1.19. The van der Waals surface area contributed by atoms with Crippen LogP contribution in [0.1, 0.15) is 37.8 Å². The number of aromatic amines is 1. The molecule has 0 saturated carbocycles. The number of rotatable bonds is 4. The van der Waals surface area contributed by atoms with E-state index in [1.54, 1.807) is 23.4 Å². The monoisotopic (exact) mass is 549 g/mol. The fourth-order valence-electron chi connectivity index (χ4n) is 6.37. The summed E-state index contributed by atoms with van der Waals surface area (Å²) in [6.45, 7) is 2.72. The summed E-state index contributed by atoms with van der Waals surface area (Å²) in [7, 11) is 3.00. The molecule has 6 rings (SSSR count). The molecule has 1 amide bonds. The van der Waals surface area contributed by atoms with E-state index in [-0.39, 0.29) is 23.7 Å². The van der Waals surface area contributed by atoms with E-state index >= 15 is 0 Å². The van der Waals surface area contributed by atoms with Crippen LogP contribution in [0.25, 0.3) is 22.1 Å². The molecule has 0 aliphatic carbocycles. The molecule has 0 bridgehead atoms. The SMILES string of the molecule is Cn1c(=O)c2c(ncn2[C@H]2CC3(CCN(C(=O)[C@@H](N)Cc4c[nH]c5ccccc45)CC3)OC[C@]2(C)O)n(C)c1=O. The molecule has 3 aromatic heterocycles. The number of aryl methyl sites for hydroxylation is 1. The highest BCUT2D eigenvalue weighted by molar-refractivity contribution is 5.86. The van der Waals surface area contributed by atoms with Crippen LogP contribution < -0.4 is 17.0 Å². The van der Waals surface area contributed by atoms with Crippen molar-refractivity contribution in [3.63, 3.8) is 0 Å². The molecular weight excluding hydrogens is 514 g/mol. The summed E-state index contributed by atoms with van der Waals surface area (Å²) in [5, 5.41) is 12.4. The number of ether oxygens (including phenoxy) is 1. The van der Waals surface area contributed by atoms with Crippen molar-refractivity contribution in [3.05, 3.63) is 63.2 Å². The smallest absolute Gasteiger partial charge is 0.332 e. The summed E-state index contributed by atoms with van der Waals surface area (Å²) in [4.78, 5) is 48.2. The van der Waals surface area contributed by atoms with Gasteiger partial charge in [0.25, 0.3) is 5.56 Å². The van der Waals surface area contributed by atoms with Gasteiger partial charge in [0.15, 0.2) is 11.2 Å². The minimum atomic E-state index is -1.27. The van der Waals surface area contributed by atoms with E-state index in [4.69, 9.17) is 10.5 Å². The highest BCUT2D eigenvalue weighted by atomic mass is 16.5. The number of fused-ring (bicyclic) bond motifs is 2. The number of amides is 1. The molecule has 40 heavy (non-hydrogen) atoms. The fourth-order valence-corrected chi connectivity index (χ4v) is 6.37. The topological polar surface area (TPSA) is 153 Å². The maximum atomic E-state index is 13.3. The Kier molecular flexibility index (Phi) is 6.24. The zero-order valence-electron chi connectivity index (χ0n) is 23.0. The minimum Gasteiger partial charge on any atom is -0.386 e. The van der Waals surface area contributed by atoms with Crippen LogP contribution in [0, 0.1) is 0 Å².